The quantitative estimate of drug-likeness (QED) is 0.477. The van der Waals surface area contributed by atoms with E-state index in [4.69, 9.17) is 0 Å². The molecule has 0 atom stereocenters. The fourth-order valence-electron chi connectivity index (χ4n) is 0.917. The number of ketones is 1. The fourth-order valence-corrected chi connectivity index (χ4v) is 0.917. The molecule has 4 heteroatoms. The highest BCUT2D eigenvalue weighted by Crippen LogP contribution is 1.85. The Morgan fingerprint density at radius 2 is 1.87 bits per heavy atom. The van der Waals surface area contributed by atoms with E-state index >= 15 is 0 Å². The third-order valence-corrected chi connectivity index (χ3v) is 1.62. The number of hydrogen-bond acceptors (Lipinski definition) is 3. The number of carbonyl (C=O) groups is 2. The van der Waals surface area contributed by atoms with Gasteiger partial charge >= 0.3 is 0 Å². The van der Waals surface area contributed by atoms with Gasteiger partial charge in [0.1, 0.15) is 0 Å². The van der Waals surface area contributed by atoms with Crippen molar-refractivity contribution in [3.63, 3.8) is 0 Å². The summed E-state index contributed by atoms with van der Waals surface area (Å²) in [5.74, 6) is 0.262. The Morgan fingerprint density at radius 1 is 1.20 bits per heavy atom. The first-order valence-electron chi connectivity index (χ1n) is 5.19. The normalized spacial score (nSPS) is 10.9. The van der Waals surface area contributed by atoms with Crippen LogP contribution >= 0.6 is 0 Å². The Labute approximate surface area is 91.1 Å². The highest BCUT2D eigenvalue weighted by atomic mass is 16.1. The van der Waals surface area contributed by atoms with E-state index in [-0.39, 0.29) is 11.7 Å². The Kier molecular flexibility index (Phi) is 7.54. The summed E-state index contributed by atoms with van der Waals surface area (Å²) >= 11 is 0. The first-order chi connectivity index (χ1) is 7.02. The highest BCUT2D eigenvalue weighted by Gasteiger charge is 1.95. The van der Waals surface area contributed by atoms with Crippen molar-refractivity contribution in [3.05, 3.63) is 12.2 Å². The van der Waals surface area contributed by atoms with E-state index in [0.29, 0.717) is 12.5 Å². The third-order valence-electron chi connectivity index (χ3n) is 1.62. The molecule has 0 aromatic heterocycles. The lowest BCUT2D eigenvalue weighted by Gasteiger charge is -2.07. The number of hydrogen-bond donors (Lipinski definition) is 2. The van der Waals surface area contributed by atoms with Crippen LogP contribution in [0.5, 0.6) is 0 Å². The van der Waals surface area contributed by atoms with Crippen molar-refractivity contribution in [1.82, 2.24) is 10.6 Å². The minimum absolute atomic E-state index is 0.122. The lowest BCUT2D eigenvalue weighted by molar-refractivity contribution is -0.117. The molecule has 0 spiro atoms. The largest absolute Gasteiger partial charge is 0.351 e. The summed E-state index contributed by atoms with van der Waals surface area (Å²) in [5, 5.41) is 5.87. The zero-order valence-corrected chi connectivity index (χ0v) is 9.67. The molecule has 0 bridgehead atoms. The van der Waals surface area contributed by atoms with Crippen molar-refractivity contribution >= 4 is 11.7 Å². The van der Waals surface area contributed by atoms with Gasteiger partial charge in [0.2, 0.25) is 5.91 Å². The first kappa shape index (κ1) is 13.8. The molecule has 0 aliphatic heterocycles. The maximum atomic E-state index is 11.1. The van der Waals surface area contributed by atoms with Crippen molar-refractivity contribution in [2.24, 2.45) is 5.92 Å². The standard InChI is InChI=1S/C11H20N2O2/c1-9(2)8-12-6-7-13-11(15)5-4-10(3)14/h4-5,9,12H,6-8H2,1-3H3,(H,13,15)/b5-4-. The number of carbonyl (C=O) groups excluding carboxylic acids is 2. The predicted molar refractivity (Wildman–Crippen MR) is 60.5 cm³/mol. The number of rotatable bonds is 7. The lowest BCUT2D eigenvalue weighted by Crippen LogP contribution is -2.32. The Balaban J connectivity index is 3.43. The van der Waals surface area contributed by atoms with Crippen LogP contribution < -0.4 is 10.6 Å². The van der Waals surface area contributed by atoms with Crippen LogP contribution in [0.15, 0.2) is 12.2 Å². The third kappa shape index (κ3) is 10.8. The molecule has 4 nitrogen and oxygen atoms in total. The average Bonchev–Trinajstić information content (AvgIpc) is 2.13. The topological polar surface area (TPSA) is 58.2 Å². The molecule has 0 aromatic rings. The summed E-state index contributed by atoms with van der Waals surface area (Å²) in [5.41, 5.74) is 0. The number of amides is 1. The van der Waals surface area contributed by atoms with Crippen LogP contribution in [-0.4, -0.2) is 31.3 Å². The molecular weight excluding hydrogens is 192 g/mol. The molecule has 0 aliphatic carbocycles. The van der Waals surface area contributed by atoms with E-state index < -0.39 is 0 Å². The van der Waals surface area contributed by atoms with Gasteiger partial charge in [-0.15, -0.1) is 0 Å². The van der Waals surface area contributed by atoms with Gasteiger partial charge in [0.05, 0.1) is 0 Å². The minimum Gasteiger partial charge on any atom is -0.351 e. The molecular formula is C11H20N2O2. The van der Waals surface area contributed by atoms with Gasteiger partial charge in [-0.2, -0.15) is 0 Å². The van der Waals surface area contributed by atoms with E-state index in [1.54, 1.807) is 0 Å². The second-order valence-corrected chi connectivity index (χ2v) is 3.83. The SMILES string of the molecule is CC(=O)/C=C\C(=O)NCCNCC(C)C. The monoisotopic (exact) mass is 212 g/mol. The number of allylic oxidation sites excluding steroid dienone is 1. The van der Waals surface area contributed by atoms with E-state index in [0.717, 1.165) is 13.1 Å². The van der Waals surface area contributed by atoms with Gasteiger partial charge in [-0.1, -0.05) is 13.8 Å². The molecule has 15 heavy (non-hydrogen) atoms. The van der Waals surface area contributed by atoms with Crippen molar-refractivity contribution < 1.29 is 9.59 Å². The van der Waals surface area contributed by atoms with E-state index in [2.05, 4.69) is 24.5 Å². The van der Waals surface area contributed by atoms with Crippen LogP contribution in [0.1, 0.15) is 20.8 Å². The average molecular weight is 212 g/mol. The zero-order valence-electron chi connectivity index (χ0n) is 9.67. The molecule has 0 unspecified atom stereocenters. The summed E-state index contributed by atoms with van der Waals surface area (Å²) in [7, 11) is 0. The van der Waals surface area contributed by atoms with Crippen LogP contribution in [0.25, 0.3) is 0 Å². The molecule has 0 saturated heterocycles. The maximum absolute atomic E-state index is 11.1. The van der Waals surface area contributed by atoms with Gasteiger partial charge in [0.15, 0.2) is 5.78 Å². The first-order valence-corrected chi connectivity index (χ1v) is 5.19. The molecule has 0 saturated carbocycles. The predicted octanol–water partition coefficient (Wildman–Crippen LogP) is 0.493. The van der Waals surface area contributed by atoms with Gasteiger partial charge in [-0.25, -0.2) is 0 Å². The molecule has 0 radical (unpaired) electrons. The summed E-state index contributed by atoms with van der Waals surface area (Å²) < 4.78 is 0. The van der Waals surface area contributed by atoms with Gasteiger partial charge in [-0.05, 0) is 25.5 Å². The summed E-state index contributed by atoms with van der Waals surface area (Å²) in [4.78, 5) is 21.6. The molecule has 0 fully saturated rings. The second-order valence-electron chi connectivity index (χ2n) is 3.83. The molecule has 0 heterocycles. The van der Waals surface area contributed by atoms with Crippen LogP contribution in [-0.2, 0) is 9.59 Å². The zero-order chi connectivity index (χ0) is 11.7. The van der Waals surface area contributed by atoms with Crippen LogP contribution in [0.2, 0.25) is 0 Å². The van der Waals surface area contributed by atoms with Crippen molar-refractivity contribution in [2.45, 2.75) is 20.8 Å². The van der Waals surface area contributed by atoms with E-state index in [1.165, 1.54) is 19.1 Å². The summed E-state index contributed by atoms with van der Waals surface area (Å²) in [6.45, 7) is 7.93. The van der Waals surface area contributed by atoms with Gasteiger partial charge in [0, 0.05) is 19.2 Å². The van der Waals surface area contributed by atoms with Crippen LogP contribution in [0.3, 0.4) is 0 Å². The van der Waals surface area contributed by atoms with Crippen LogP contribution in [0.4, 0.5) is 0 Å². The molecule has 0 aliphatic rings. The van der Waals surface area contributed by atoms with Crippen molar-refractivity contribution in [2.75, 3.05) is 19.6 Å². The number of nitrogens with one attached hydrogen (secondary N) is 2. The summed E-state index contributed by atoms with van der Waals surface area (Å²) in [6.07, 6.45) is 2.52. The van der Waals surface area contributed by atoms with Gasteiger partial charge < -0.3 is 10.6 Å². The molecule has 86 valence electrons. The van der Waals surface area contributed by atoms with E-state index in [1.807, 2.05) is 0 Å². The molecule has 1 amide bonds. The second kappa shape index (κ2) is 8.17. The minimum atomic E-state index is -0.225. The molecule has 0 aromatic carbocycles. The highest BCUT2D eigenvalue weighted by molar-refractivity contribution is 5.96. The van der Waals surface area contributed by atoms with Crippen molar-refractivity contribution in [3.8, 4) is 0 Å². The lowest BCUT2D eigenvalue weighted by atomic mass is 10.2. The fraction of sp³-hybridized carbons (Fsp3) is 0.636. The smallest absolute Gasteiger partial charge is 0.244 e. The van der Waals surface area contributed by atoms with E-state index in [9.17, 15) is 9.59 Å². The Hall–Kier alpha value is -1.16. The Morgan fingerprint density at radius 3 is 2.40 bits per heavy atom. The van der Waals surface area contributed by atoms with Gasteiger partial charge in [-0.3, -0.25) is 9.59 Å². The molecule has 0 rings (SSSR count). The van der Waals surface area contributed by atoms with Crippen molar-refractivity contribution in [1.29, 1.82) is 0 Å². The van der Waals surface area contributed by atoms with Gasteiger partial charge in [0.25, 0.3) is 0 Å². The molecule has 2 N–H and O–H groups in total. The summed E-state index contributed by atoms with van der Waals surface area (Å²) in [6, 6.07) is 0. The Bertz CT molecular complexity index is 235. The van der Waals surface area contributed by atoms with Crippen LogP contribution in [0, 0.1) is 5.92 Å². The maximum Gasteiger partial charge on any atom is 0.244 e.